The summed E-state index contributed by atoms with van der Waals surface area (Å²) in [6.45, 7) is 3.72. The molecule has 19 heavy (non-hydrogen) atoms. The van der Waals surface area contributed by atoms with E-state index < -0.39 is 0 Å². The summed E-state index contributed by atoms with van der Waals surface area (Å²) >= 11 is 6.11. The van der Waals surface area contributed by atoms with Crippen molar-refractivity contribution in [3.8, 4) is 5.88 Å². The average molecular weight is 284 g/mol. The standard InChI is InChI=1S/C14H22ClN3O/c1-2-7-19-14-8-13(17-10-18-14)16-9-11-3-5-12(15)6-4-11/h8,10-12H,2-7,9H2,1H3,(H,16,17,18). The van der Waals surface area contributed by atoms with Crippen LogP contribution in [0.2, 0.25) is 0 Å². The van der Waals surface area contributed by atoms with Gasteiger partial charge in [0.1, 0.15) is 12.1 Å². The maximum atomic E-state index is 6.11. The molecule has 4 nitrogen and oxygen atoms in total. The number of aromatic nitrogens is 2. The maximum absolute atomic E-state index is 6.11. The van der Waals surface area contributed by atoms with E-state index in [1.54, 1.807) is 6.33 Å². The van der Waals surface area contributed by atoms with E-state index in [4.69, 9.17) is 16.3 Å². The fraction of sp³-hybridized carbons (Fsp3) is 0.714. The van der Waals surface area contributed by atoms with Gasteiger partial charge >= 0.3 is 0 Å². The third kappa shape index (κ3) is 4.86. The summed E-state index contributed by atoms with van der Waals surface area (Å²) in [6, 6.07) is 1.86. The zero-order chi connectivity index (χ0) is 13.5. The highest BCUT2D eigenvalue weighted by Gasteiger charge is 2.19. The molecule has 1 N–H and O–H groups in total. The molecule has 1 aromatic heterocycles. The molecule has 1 aliphatic rings. The van der Waals surface area contributed by atoms with Crippen molar-refractivity contribution in [2.75, 3.05) is 18.5 Å². The van der Waals surface area contributed by atoms with Crippen LogP contribution in [0.3, 0.4) is 0 Å². The Kier molecular flexibility index (Phi) is 5.70. The van der Waals surface area contributed by atoms with Crippen LogP contribution in [-0.2, 0) is 0 Å². The van der Waals surface area contributed by atoms with Crippen LogP contribution in [0.15, 0.2) is 12.4 Å². The number of hydrogen-bond donors (Lipinski definition) is 1. The van der Waals surface area contributed by atoms with Crippen molar-refractivity contribution in [3.05, 3.63) is 12.4 Å². The Bertz CT molecular complexity index is 381. The summed E-state index contributed by atoms with van der Waals surface area (Å²) in [4.78, 5) is 8.31. The van der Waals surface area contributed by atoms with Crippen molar-refractivity contribution in [2.24, 2.45) is 5.92 Å². The zero-order valence-corrected chi connectivity index (χ0v) is 12.2. The first-order chi connectivity index (χ1) is 9.28. The Balaban J connectivity index is 1.78. The highest BCUT2D eigenvalue weighted by atomic mass is 35.5. The van der Waals surface area contributed by atoms with E-state index >= 15 is 0 Å². The molecule has 0 radical (unpaired) electrons. The molecule has 0 aliphatic heterocycles. The second-order valence-corrected chi connectivity index (χ2v) is 5.71. The van der Waals surface area contributed by atoms with Crippen molar-refractivity contribution < 1.29 is 4.74 Å². The number of rotatable bonds is 6. The Hall–Kier alpha value is -1.03. The SMILES string of the molecule is CCCOc1cc(NCC2CCC(Cl)CC2)ncn1. The number of halogens is 1. The Labute approximate surface area is 119 Å². The number of alkyl halides is 1. The number of nitrogens with one attached hydrogen (secondary N) is 1. The summed E-state index contributed by atoms with van der Waals surface area (Å²) < 4.78 is 5.49. The Morgan fingerprint density at radius 1 is 1.32 bits per heavy atom. The Morgan fingerprint density at radius 3 is 2.84 bits per heavy atom. The van der Waals surface area contributed by atoms with Crippen molar-refractivity contribution in [1.29, 1.82) is 0 Å². The van der Waals surface area contributed by atoms with Gasteiger partial charge in [0.2, 0.25) is 5.88 Å². The van der Waals surface area contributed by atoms with E-state index in [1.165, 1.54) is 12.8 Å². The highest BCUT2D eigenvalue weighted by Crippen LogP contribution is 2.27. The van der Waals surface area contributed by atoms with E-state index in [-0.39, 0.29) is 0 Å². The van der Waals surface area contributed by atoms with Gasteiger partial charge in [-0.2, -0.15) is 0 Å². The first-order valence-electron chi connectivity index (χ1n) is 7.10. The van der Waals surface area contributed by atoms with Gasteiger partial charge < -0.3 is 10.1 Å². The molecule has 0 atom stereocenters. The van der Waals surface area contributed by atoms with Gasteiger partial charge in [-0.05, 0) is 38.0 Å². The van der Waals surface area contributed by atoms with Crippen LogP contribution in [-0.4, -0.2) is 28.5 Å². The van der Waals surface area contributed by atoms with Crippen molar-refractivity contribution in [1.82, 2.24) is 9.97 Å². The minimum atomic E-state index is 0.379. The largest absolute Gasteiger partial charge is 0.478 e. The molecule has 0 aromatic carbocycles. The molecule has 5 heteroatoms. The molecular weight excluding hydrogens is 262 g/mol. The zero-order valence-electron chi connectivity index (χ0n) is 11.4. The fourth-order valence-corrected chi connectivity index (χ4v) is 2.55. The lowest BCUT2D eigenvalue weighted by Crippen LogP contribution is -2.21. The summed E-state index contributed by atoms with van der Waals surface area (Å²) in [7, 11) is 0. The van der Waals surface area contributed by atoms with Gasteiger partial charge in [0, 0.05) is 18.0 Å². The summed E-state index contributed by atoms with van der Waals surface area (Å²) in [5.74, 6) is 2.18. The molecular formula is C14H22ClN3O. The van der Waals surface area contributed by atoms with Crippen LogP contribution < -0.4 is 10.1 Å². The summed E-state index contributed by atoms with van der Waals surface area (Å²) in [5, 5.41) is 3.75. The third-order valence-corrected chi connectivity index (χ3v) is 3.88. The van der Waals surface area contributed by atoms with Crippen LogP contribution in [0.5, 0.6) is 5.88 Å². The maximum Gasteiger partial charge on any atom is 0.218 e. The van der Waals surface area contributed by atoms with Gasteiger partial charge in [-0.25, -0.2) is 9.97 Å². The van der Waals surface area contributed by atoms with E-state index in [9.17, 15) is 0 Å². The highest BCUT2D eigenvalue weighted by molar-refractivity contribution is 6.20. The summed E-state index contributed by atoms with van der Waals surface area (Å²) in [5.41, 5.74) is 0. The molecule has 1 aliphatic carbocycles. The number of hydrogen-bond acceptors (Lipinski definition) is 4. The van der Waals surface area contributed by atoms with Crippen LogP contribution in [0, 0.1) is 5.92 Å². The molecule has 1 fully saturated rings. The van der Waals surface area contributed by atoms with Gasteiger partial charge in [0.15, 0.2) is 0 Å². The van der Waals surface area contributed by atoms with Gasteiger partial charge in [-0.3, -0.25) is 0 Å². The van der Waals surface area contributed by atoms with Gasteiger partial charge in [0.25, 0.3) is 0 Å². The lowest BCUT2D eigenvalue weighted by Gasteiger charge is -2.25. The molecule has 106 valence electrons. The van der Waals surface area contributed by atoms with E-state index in [2.05, 4.69) is 22.2 Å². The van der Waals surface area contributed by atoms with Crippen LogP contribution >= 0.6 is 11.6 Å². The second kappa shape index (κ2) is 7.53. The van der Waals surface area contributed by atoms with Crippen LogP contribution in [0.4, 0.5) is 5.82 Å². The van der Waals surface area contributed by atoms with E-state index in [0.717, 1.165) is 31.6 Å². The molecule has 0 amide bonds. The number of ether oxygens (including phenoxy) is 1. The smallest absolute Gasteiger partial charge is 0.218 e. The number of anilines is 1. The van der Waals surface area contributed by atoms with Crippen LogP contribution in [0.1, 0.15) is 39.0 Å². The molecule has 0 unspecified atom stereocenters. The average Bonchev–Trinajstić information content (AvgIpc) is 2.45. The monoisotopic (exact) mass is 283 g/mol. The van der Waals surface area contributed by atoms with Crippen LogP contribution in [0.25, 0.3) is 0 Å². The molecule has 0 saturated heterocycles. The van der Waals surface area contributed by atoms with Crippen molar-refractivity contribution in [2.45, 2.75) is 44.4 Å². The molecule has 1 saturated carbocycles. The third-order valence-electron chi connectivity index (χ3n) is 3.44. The first-order valence-corrected chi connectivity index (χ1v) is 7.54. The lowest BCUT2D eigenvalue weighted by atomic mass is 9.89. The van der Waals surface area contributed by atoms with Gasteiger partial charge in [0.05, 0.1) is 6.61 Å². The topological polar surface area (TPSA) is 47.0 Å². The predicted octanol–water partition coefficient (Wildman–Crippen LogP) is 3.47. The minimum absolute atomic E-state index is 0.379. The summed E-state index contributed by atoms with van der Waals surface area (Å²) in [6.07, 6.45) is 7.18. The van der Waals surface area contributed by atoms with E-state index in [1.807, 2.05) is 6.07 Å². The fourth-order valence-electron chi connectivity index (χ4n) is 2.30. The number of nitrogens with zero attached hydrogens (tertiary/aromatic N) is 2. The van der Waals surface area contributed by atoms with Crippen molar-refractivity contribution >= 4 is 17.4 Å². The lowest BCUT2D eigenvalue weighted by molar-refractivity contribution is 0.305. The molecule has 1 heterocycles. The second-order valence-electron chi connectivity index (χ2n) is 5.09. The van der Waals surface area contributed by atoms with Crippen molar-refractivity contribution in [3.63, 3.8) is 0 Å². The first kappa shape index (κ1) is 14.4. The predicted molar refractivity (Wildman–Crippen MR) is 77.9 cm³/mol. The van der Waals surface area contributed by atoms with E-state index in [0.29, 0.717) is 23.8 Å². The molecule has 0 spiro atoms. The normalized spacial score (nSPS) is 23.1. The quantitative estimate of drug-likeness (QED) is 0.812. The molecule has 0 bridgehead atoms. The molecule has 1 aromatic rings. The molecule has 2 rings (SSSR count). The van der Waals surface area contributed by atoms with Gasteiger partial charge in [-0.15, -0.1) is 11.6 Å². The Morgan fingerprint density at radius 2 is 2.11 bits per heavy atom. The van der Waals surface area contributed by atoms with Gasteiger partial charge in [-0.1, -0.05) is 6.92 Å². The minimum Gasteiger partial charge on any atom is -0.478 e.